The molecule has 2 aromatic heterocycles. The number of carbonyl (C=O) groups excluding carboxylic acids is 1. The summed E-state index contributed by atoms with van der Waals surface area (Å²) in [5.74, 6) is 0.428. The van der Waals surface area contributed by atoms with Crippen molar-refractivity contribution >= 4 is 16.9 Å². The Morgan fingerprint density at radius 1 is 1.11 bits per heavy atom. The number of benzene rings is 1. The quantitative estimate of drug-likeness (QED) is 0.617. The van der Waals surface area contributed by atoms with E-state index in [0.29, 0.717) is 32.1 Å². The molecule has 1 N–H and O–H groups in total. The minimum absolute atomic E-state index is 0.0842. The number of carbonyl (C=O) groups is 1. The van der Waals surface area contributed by atoms with E-state index in [1.807, 2.05) is 50.2 Å². The molecule has 148 valence electrons. The third kappa shape index (κ3) is 4.24. The largest absolute Gasteiger partial charge is 0.477 e. The van der Waals surface area contributed by atoms with Gasteiger partial charge < -0.3 is 10.1 Å². The predicted octanol–water partition coefficient (Wildman–Crippen LogP) is 2.71. The Morgan fingerprint density at radius 2 is 1.86 bits per heavy atom. The van der Waals surface area contributed by atoms with Crippen LogP contribution in [0.3, 0.4) is 0 Å². The van der Waals surface area contributed by atoms with Gasteiger partial charge in [-0.25, -0.2) is 9.78 Å². The number of para-hydroxylation sites is 2. The first kappa shape index (κ1) is 19.7. The minimum atomic E-state index is -0.120. The summed E-state index contributed by atoms with van der Waals surface area (Å²) in [6.07, 6.45) is 2.79. The second-order valence-electron chi connectivity index (χ2n) is 6.51. The van der Waals surface area contributed by atoms with Crippen LogP contribution in [0.5, 0.6) is 5.88 Å². The van der Waals surface area contributed by atoms with E-state index < -0.39 is 0 Å². The molecule has 1 amide bonds. The van der Waals surface area contributed by atoms with Gasteiger partial charge in [-0.3, -0.25) is 13.9 Å². The summed E-state index contributed by atoms with van der Waals surface area (Å²) in [5.41, 5.74) is 2.50. The number of amides is 1. The summed E-state index contributed by atoms with van der Waals surface area (Å²) in [7, 11) is 0. The molecular formula is C21H26N4O3. The molecule has 1 aromatic carbocycles. The molecule has 2 heterocycles. The number of nitrogens with zero attached hydrogens (tertiary/aromatic N) is 3. The minimum Gasteiger partial charge on any atom is -0.477 e. The van der Waals surface area contributed by atoms with Crippen molar-refractivity contribution in [1.29, 1.82) is 0 Å². The maximum atomic E-state index is 12.6. The van der Waals surface area contributed by atoms with Gasteiger partial charge in [-0.1, -0.05) is 25.1 Å². The van der Waals surface area contributed by atoms with E-state index in [1.165, 1.54) is 0 Å². The number of aromatic nitrogens is 3. The lowest BCUT2D eigenvalue weighted by Crippen LogP contribution is -2.28. The highest BCUT2D eigenvalue weighted by Crippen LogP contribution is 2.15. The van der Waals surface area contributed by atoms with Crippen molar-refractivity contribution < 1.29 is 9.53 Å². The van der Waals surface area contributed by atoms with Gasteiger partial charge in [0.1, 0.15) is 0 Å². The highest BCUT2D eigenvalue weighted by molar-refractivity contribution is 5.78. The van der Waals surface area contributed by atoms with Gasteiger partial charge in [0.25, 0.3) is 0 Å². The van der Waals surface area contributed by atoms with Crippen LogP contribution in [-0.2, 0) is 24.4 Å². The van der Waals surface area contributed by atoms with Crippen LogP contribution in [0, 0.1) is 0 Å². The number of pyridine rings is 1. The van der Waals surface area contributed by atoms with Gasteiger partial charge in [-0.2, -0.15) is 0 Å². The predicted molar refractivity (Wildman–Crippen MR) is 108 cm³/mol. The number of aryl methyl sites for hydroxylation is 2. The number of hydrogen-bond donors (Lipinski definition) is 1. The molecule has 0 aliphatic rings. The monoisotopic (exact) mass is 382 g/mol. The Hall–Kier alpha value is -3.09. The molecular weight excluding hydrogens is 356 g/mol. The molecule has 7 nitrogen and oxygen atoms in total. The highest BCUT2D eigenvalue weighted by Gasteiger charge is 2.13. The van der Waals surface area contributed by atoms with E-state index in [9.17, 15) is 9.59 Å². The third-order valence-electron chi connectivity index (χ3n) is 4.57. The van der Waals surface area contributed by atoms with Crippen molar-refractivity contribution in [3.05, 3.63) is 58.6 Å². The number of fused-ring (bicyclic) bond motifs is 1. The molecule has 0 aliphatic carbocycles. The Morgan fingerprint density at radius 3 is 2.57 bits per heavy atom. The second-order valence-corrected chi connectivity index (χ2v) is 6.51. The van der Waals surface area contributed by atoms with Crippen LogP contribution >= 0.6 is 0 Å². The summed E-state index contributed by atoms with van der Waals surface area (Å²) < 4.78 is 9.00. The van der Waals surface area contributed by atoms with E-state index in [1.54, 1.807) is 15.3 Å². The van der Waals surface area contributed by atoms with Gasteiger partial charge in [0.2, 0.25) is 11.8 Å². The van der Waals surface area contributed by atoms with Crippen molar-refractivity contribution in [3.8, 4) is 5.88 Å². The van der Waals surface area contributed by atoms with Crippen molar-refractivity contribution in [3.63, 3.8) is 0 Å². The smallest absolute Gasteiger partial charge is 0.329 e. The van der Waals surface area contributed by atoms with Crippen molar-refractivity contribution in [2.24, 2.45) is 0 Å². The number of ether oxygens (including phenoxy) is 1. The average molecular weight is 382 g/mol. The fourth-order valence-corrected chi connectivity index (χ4v) is 3.18. The van der Waals surface area contributed by atoms with Crippen LogP contribution in [0.15, 0.2) is 47.4 Å². The zero-order valence-electron chi connectivity index (χ0n) is 16.4. The summed E-state index contributed by atoms with van der Waals surface area (Å²) in [6.45, 7) is 5.84. The Labute approximate surface area is 164 Å². The zero-order valence-corrected chi connectivity index (χ0v) is 16.4. The summed E-state index contributed by atoms with van der Waals surface area (Å²) in [4.78, 5) is 29.2. The molecule has 0 unspecified atom stereocenters. The number of rotatable bonds is 9. The molecule has 0 atom stereocenters. The van der Waals surface area contributed by atoms with E-state index >= 15 is 0 Å². The normalized spacial score (nSPS) is 10.9. The Balaban J connectivity index is 1.64. The number of nitrogens with one attached hydrogen (secondary N) is 1. The van der Waals surface area contributed by atoms with E-state index in [4.69, 9.17) is 4.74 Å². The van der Waals surface area contributed by atoms with Crippen LogP contribution in [-0.4, -0.2) is 26.6 Å². The van der Waals surface area contributed by atoms with Crippen molar-refractivity contribution in [1.82, 2.24) is 19.4 Å². The van der Waals surface area contributed by atoms with Crippen LogP contribution in [0.25, 0.3) is 11.0 Å². The van der Waals surface area contributed by atoms with E-state index in [2.05, 4.69) is 10.3 Å². The zero-order chi connectivity index (χ0) is 19.9. The standard InChI is InChI=1S/C21H26N4O3/c1-3-14-28-20-16(8-7-12-22-20)15-23-19(26)11-13-25-18-10-6-5-9-17(18)24(4-2)21(25)27/h5-10,12H,3-4,11,13-15H2,1-2H3,(H,23,26). The molecule has 7 heteroatoms. The van der Waals surface area contributed by atoms with Crippen LogP contribution in [0.2, 0.25) is 0 Å². The molecule has 3 rings (SSSR count). The molecule has 3 aromatic rings. The van der Waals surface area contributed by atoms with Gasteiger partial charge in [-0.15, -0.1) is 0 Å². The summed E-state index contributed by atoms with van der Waals surface area (Å²) in [6, 6.07) is 11.4. The lowest BCUT2D eigenvalue weighted by atomic mass is 10.2. The van der Waals surface area contributed by atoms with E-state index in [-0.39, 0.29) is 18.0 Å². The molecule has 0 bridgehead atoms. The highest BCUT2D eigenvalue weighted by atomic mass is 16.5. The lowest BCUT2D eigenvalue weighted by Gasteiger charge is -2.10. The molecule has 0 radical (unpaired) electrons. The first-order valence-corrected chi connectivity index (χ1v) is 9.67. The molecule has 0 fully saturated rings. The van der Waals surface area contributed by atoms with E-state index in [0.717, 1.165) is 23.0 Å². The maximum Gasteiger partial charge on any atom is 0.329 e. The number of hydrogen-bond acceptors (Lipinski definition) is 4. The second kappa shape index (κ2) is 9.21. The van der Waals surface area contributed by atoms with Gasteiger partial charge in [-0.05, 0) is 31.5 Å². The SMILES string of the molecule is CCCOc1ncccc1CNC(=O)CCn1c(=O)n(CC)c2ccccc21. The van der Waals surface area contributed by atoms with Gasteiger partial charge >= 0.3 is 5.69 Å². The first-order valence-electron chi connectivity index (χ1n) is 9.67. The molecule has 0 saturated heterocycles. The van der Waals surface area contributed by atoms with Crippen LogP contribution in [0.4, 0.5) is 0 Å². The molecule has 0 spiro atoms. The fourth-order valence-electron chi connectivity index (χ4n) is 3.18. The lowest BCUT2D eigenvalue weighted by molar-refractivity contribution is -0.121. The van der Waals surface area contributed by atoms with Gasteiger partial charge in [0.15, 0.2) is 0 Å². The average Bonchev–Trinajstić information content (AvgIpc) is 3.00. The summed E-state index contributed by atoms with van der Waals surface area (Å²) in [5, 5.41) is 2.89. The molecule has 0 saturated carbocycles. The van der Waals surface area contributed by atoms with Crippen molar-refractivity contribution in [2.45, 2.75) is 46.3 Å². The molecule has 28 heavy (non-hydrogen) atoms. The third-order valence-corrected chi connectivity index (χ3v) is 4.57. The van der Waals surface area contributed by atoms with Crippen LogP contribution < -0.4 is 15.7 Å². The fraction of sp³-hybridized carbons (Fsp3) is 0.381. The Kier molecular flexibility index (Phi) is 6.47. The topological polar surface area (TPSA) is 78.2 Å². The summed E-state index contributed by atoms with van der Waals surface area (Å²) >= 11 is 0. The number of imidazole rings is 1. The van der Waals surface area contributed by atoms with Crippen molar-refractivity contribution in [2.75, 3.05) is 6.61 Å². The van der Waals surface area contributed by atoms with Crippen LogP contribution in [0.1, 0.15) is 32.3 Å². The Bertz CT molecular complexity index is 1010. The first-order chi connectivity index (χ1) is 13.7. The maximum absolute atomic E-state index is 12.6. The molecule has 0 aliphatic heterocycles. The van der Waals surface area contributed by atoms with Gasteiger partial charge in [0.05, 0.1) is 17.6 Å². The van der Waals surface area contributed by atoms with Gasteiger partial charge in [0, 0.05) is 37.8 Å².